The Hall–Kier alpha value is -2.45. The molecule has 0 radical (unpaired) electrons. The lowest BCUT2D eigenvalue weighted by molar-refractivity contribution is -0.145. The zero-order chi connectivity index (χ0) is 19.2. The van der Waals surface area contributed by atoms with E-state index >= 15 is 0 Å². The molecule has 0 bridgehead atoms. The number of urea groups is 1. The predicted molar refractivity (Wildman–Crippen MR) is 101 cm³/mol. The van der Waals surface area contributed by atoms with Crippen LogP contribution in [0.25, 0.3) is 0 Å². The second-order valence-corrected chi connectivity index (χ2v) is 7.28. The van der Waals surface area contributed by atoms with E-state index in [-0.39, 0.29) is 13.0 Å². The van der Waals surface area contributed by atoms with Gasteiger partial charge in [0.1, 0.15) is 6.61 Å². The summed E-state index contributed by atoms with van der Waals surface area (Å²) in [7, 11) is 0. The smallest absolute Gasteiger partial charge is 0.312 e. The normalized spacial score (nSPS) is 14.1. The number of carbonyl (C=O) groups is 2. The van der Waals surface area contributed by atoms with Crippen LogP contribution in [0, 0.1) is 0 Å². The summed E-state index contributed by atoms with van der Waals surface area (Å²) in [6.07, 6.45) is 0.744. The number of hydrogen-bond donors (Lipinski definition) is 2. The van der Waals surface area contributed by atoms with Crippen molar-refractivity contribution in [1.82, 2.24) is 5.32 Å². The van der Waals surface area contributed by atoms with Crippen LogP contribution in [0.5, 0.6) is 11.5 Å². The van der Waals surface area contributed by atoms with Gasteiger partial charge >= 0.3 is 12.0 Å². The van der Waals surface area contributed by atoms with Gasteiger partial charge in [-0.1, -0.05) is 17.7 Å². The maximum Gasteiger partial charge on any atom is 0.312 e. The summed E-state index contributed by atoms with van der Waals surface area (Å²) in [6, 6.07) is 5.86. The van der Waals surface area contributed by atoms with Gasteiger partial charge in [-0.25, -0.2) is 4.79 Å². The van der Waals surface area contributed by atoms with Crippen molar-refractivity contribution in [1.29, 1.82) is 0 Å². The van der Waals surface area contributed by atoms with E-state index in [4.69, 9.17) is 31.5 Å². The van der Waals surface area contributed by atoms with E-state index in [1.165, 1.54) is 11.3 Å². The van der Waals surface area contributed by atoms with E-state index in [1.807, 2.05) is 17.5 Å². The summed E-state index contributed by atoms with van der Waals surface area (Å²) in [5, 5.41) is 4.83. The number of thiophene rings is 1. The lowest BCUT2D eigenvalue weighted by Crippen LogP contribution is -2.34. The van der Waals surface area contributed by atoms with Gasteiger partial charge in [0.2, 0.25) is 0 Å². The highest BCUT2D eigenvalue weighted by molar-refractivity contribution is 7.10. The number of esters is 1. The van der Waals surface area contributed by atoms with Crippen LogP contribution in [-0.2, 0) is 16.1 Å². The van der Waals surface area contributed by atoms with Crippen LogP contribution in [0.2, 0.25) is 5.02 Å². The lowest BCUT2D eigenvalue weighted by Gasteiger charge is -2.16. The first-order valence-corrected chi connectivity index (χ1v) is 9.61. The van der Waals surface area contributed by atoms with Crippen molar-refractivity contribution in [3.05, 3.63) is 45.1 Å². The highest BCUT2D eigenvalue weighted by atomic mass is 35.5. The second-order valence-electron chi connectivity index (χ2n) is 5.90. The molecule has 1 atom stereocenters. The van der Waals surface area contributed by atoms with E-state index in [9.17, 15) is 9.59 Å². The Kier molecular flexibility index (Phi) is 6.41. The number of benzene rings is 1. The third kappa shape index (κ3) is 5.27. The third-order valence-corrected chi connectivity index (χ3v) is 5.10. The summed E-state index contributed by atoms with van der Waals surface area (Å²) >= 11 is 7.66. The van der Waals surface area contributed by atoms with Gasteiger partial charge in [-0.05, 0) is 29.1 Å². The summed E-state index contributed by atoms with van der Waals surface area (Å²) in [5.41, 5.74) is 5.88. The highest BCUT2D eigenvalue weighted by Crippen LogP contribution is 2.38. The van der Waals surface area contributed by atoms with Crippen LogP contribution in [0.1, 0.15) is 29.3 Å². The molecule has 0 fully saturated rings. The monoisotopic (exact) mass is 410 g/mol. The number of rotatable bonds is 6. The molecule has 1 aliphatic rings. The molecule has 0 spiro atoms. The second kappa shape index (κ2) is 8.96. The minimum Gasteiger partial charge on any atom is -0.489 e. The Labute approximate surface area is 165 Å². The van der Waals surface area contributed by atoms with Crippen molar-refractivity contribution in [2.45, 2.75) is 25.5 Å². The maximum absolute atomic E-state index is 12.2. The third-order valence-electron chi connectivity index (χ3n) is 3.84. The predicted octanol–water partition coefficient (Wildman–Crippen LogP) is 3.41. The molecule has 0 aliphatic carbocycles. The molecule has 2 heterocycles. The number of halogens is 1. The number of nitrogens with one attached hydrogen (secondary N) is 1. The first-order valence-electron chi connectivity index (χ1n) is 8.36. The van der Waals surface area contributed by atoms with Crippen molar-refractivity contribution < 1.29 is 23.8 Å². The van der Waals surface area contributed by atoms with Crippen LogP contribution in [-0.4, -0.2) is 25.2 Å². The molecule has 7 nitrogen and oxygen atoms in total. The summed E-state index contributed by atoms with van der Waals surface area (Å²) in [4.78, 5) is 24.2. The SMILES string of the molecule is NC(=O)N[C@H](CC(=O)OCc1cc(Cl)c2c(c1)OCCCO2)c1cccs1. The molecule has 0 unspecified atom stereocenters. The largest absolute Gasteiger partial charge is 0.489 e. The highest BCUT2D eigenvalue weighted by Gasteiger charge is 2.20. The molecule has 1 aliphatic heterocycles. The van der Waals surface area contributed by atoms with E-state index in [1.54, 1.807) is 12.1 Å². The van der Waals surface area contributed by atoms with Crippen molar-refractivity contribution in [3.63, 3.8) is 0 Å². The topological polar surface area (TPSA) is 99.9 Å². The molecule has 0 saturated heterocycles. The Balaban J connectivity index is 1.62. The minimum absolute atomic E-state index is 0.0261. The number of amides is 2. The maximum atomic E-state index is 12.2. The fourth-order valence-electron chi connectivity index (χ4n) is 2.64. The molecule has 9 heteroatoms. The van der Waals surface area contributed by atoms with E-state index in [0.29, 0.717) is 35.3 Å². The Morgan fingerprint density at radius 2 is 2.15 bits per heavy atom. The Morgan fingerprint density at radius 3 is 2.89 bits per heavy atom. The summed E-state index contributed by atoms with van der Waals surface area (Å²) in [5.74, 6) is 0.580. The fourth-order valence-corrected chi connectivity index (χ4v) is 3.71. The Bertz CT molecular complexity index is 812. The number of ether oxygens (including phenoxy) is 3. The molecule has 1 aromatic carbocycles. The number of primary amides is 1. The molecule has 3 rings (SSSR count). The van der Waals surface area contributed by atoms with Gasteiger partial charge in [-0.15, -0.1) is 11.3 Å². The van der Waals surface area contributed by atoms with Crippen molar-refractivity contribution >= 4 is 34.9 Å². The zero-order valence-electron chi connectivity index (χ0n) is 14.4. The van der Waals surface area contributed by atoms with Crippen LogP contribution < -0.4 is 20.5 Å². The van der Waals surface area contributed by atoms with Crippen LogP contribution in [0.3, 0.4) is 0 Å². The van der Waals surface area contributed by atoms with Crippen LogP contribution >= 0.6 is 22.9 Å². The number of carbonyl (C=O) groups excluding carboxylic acids is 2. The quantitative estimate of drug-likeness (QED) is 0.711. The lowest BCUT2D eigenvalue weighted by atomic mass is 10.1. The van der Waals surface area contributed by atoms with Gasteiger partial charge < -0.3 is 25.3 Å². The van der Waals surface area contributed by atoms with E-state index < -0.39 is 18.0 Å². The van der Waals surface area contributed by atoms with Gasteiger partial charge in [0, 0.05) is 11.3 Å². The molecular weight excluding hydrogens is 392 g/mol. The van der Waals surface area contributed by atoms with Gasteiger partial charge in [0.25, 0.3) is 0 Å². The fraction of sp³-hybridized carbons (Fsp3) is 0.333. The minimum atomic E-state index is -0.698. The average Bonchev–Trinajstić information content (AvgIpc) is 3.05. The molecule has 0 saturated carbocycles. The number of hydrogen-bond acceptors (Lipinski definition) is 6. The first-order chi connectivity index (χ1) is 13.0. The average molecular weight is 411 g/mol. The van der Waals surface area contributed by atoms with Crippen LogP contribution in [0.4, 0.5) is 4.79 Å². The van der Waals surface area contributed by atoms with Gasteiger partial charge in [0.15, 0.2) is 11.5 Å². The molecule has 27 heavy (non-hydrogen) atoms. The molecule has 3 N–H and O–H groups in total. The molecular formula is C18H19ClN2O5S. The van der Waals surface area contributed by atoms with E-state index in [2.05, 4.69) is 5.32 Å². The zero-order valence-corrected chi connectivity index (χ0v) is 16.0. The van der Waals surface area contributed by atoms with Gasteiger partial charge in [0.05, 0.1) is 30.7 Å². The summed E-state index contributed by atoms with van der Waals surface area (Å²) in [6.45, 7) is 1.11. The standard InChI is InChI=1S/C18H19ClN2O5S/c19-12-7-11(8-14-17(12)25-5-2-4-24-14)10-26-16(22)9-13(21-18(20)23)15-3-1-6-27-15/h1,3,6-8,13H,2,4-5,9-10H2,(H3,20,21,23)/t13-/m1/s1. The molecule has 1 aromatic heterocycles. The van der Waals surface area contributed by atoms with Crippen LogP contribution in [0.15, 0.2) is 29.6 Å². The van der Waals surface area contributed by atoms with E-state index in [0.717, 1.165) is 11.3 Å². The first kappa shape index (κ1) is 19.3. The van der Waals surface area contributed by atoms with Crippen molar-refractivity contribution in [2.24, 2.45) is 5.73 Å². The van der Waals surface area contributed by atoms with Gasteiger partial charge in [-0.3, -0.25) is 4.79 Å². The Morgan fingerprint density at radius 1 is 1.33 bits per heavy atom. The molecule has 2 aromatic rings. The van der Waals surface area contributed by atoms with Crippen molar-refractivity contribution in [2.75, 3.05) is 13.2 Å². The molecule has 144 valence electrons. The summed E-state index contributed by atoms with van der Waals surface area (Å²) < 4.78 is 16.5. The van der Waals surface area contributed by atoms with Crippen molar-refractivity contribution in [3.8, 4) is 11.5 Å². The molecule has 2 amide bonds. The number of fused-ring (bicyclic) bond motifs is 1. The number of nitrogens with two attached hydrogens (primary N) is 1. The van der Waals surface area contributed by atoms with Gasteiger partial charge in [-0.2, -0.15) is 0 Å².